The highest BCUT2D eigenvalue weighted by molar-refractivity contribution is 5.91. The molecule has 0 unspecified atom stereocenters. The number of amides is 2. The van der Waals surface area contributed by atoms with Crippen molar-refractivity contribution in [3.63, 3.8) is 0 Å². The number of urea groups is 1. The standard InChI is InChI=1S/C26H31N5O5/c1-5-36-21-9-7-6-8-20(21)27-26(32)31-14-12-30(13-15-31)24-11-10-19(28-29-24)18-16-22(33-2)25(35-4)23(17-18)34-3/h6-11,16-17H,5,12-15H2,1-4H3,(H,27,32). The Hall–Kier alpha value is -4.21. The minimum absolute atomic E-state index is 0.148. The summed E-state index contributed by atoms with van der Waals surface area (Å²) in [5.41, 5.74) is 2.15. The third kappa shape index (κ3) is 5.37. The summed E-state index contributed by atoms with van der Waals surface area (Å²) in [6, 6.07) is 14.8. The molecule has 190 valence electrons. The van der Waals surface area contributed by atoms with E-state index in [4.69, 9.17) is 18.9 Å². The second-order valence-electron chi connectivity index (χ2n) is 8.02. The number of carbonyl (C=O) groups is 1. The number of methoxy groups -OCH3 is 3. The fraction of sp³-hybridized carbons (Fsp3) is 0.346. The third-order valence-corrected chi connectivity index (χ3v) is 5.93. The largest absolute Gasteiger partial charge is 0.493 e. The molecule has 0 atom stereocenters. The van der Waals surface area contributed by atoms with E-state index in [0.29, 0.717) is 67.2 Å². The smallest absolute Gasteiger partial charge is 0.322 e. The Bertz CT molecular complexity index is 1150. The Morgan fingerprint density at radius 2 is 1.58 bits per heavy atom. The van der Waals surface area contributed by atoms with Gasteiger partial charge in [0.2, 0.25) is 5.75 Å². The molecule has 0 radical (unpaired) electrons. The van der Waals surface area contributed by atoms with Gasteiger partial charge in [-0.25, -0.2) is 4.79 Å². The van der Waals surface area contributed by atoms with Crippen LogP contribution in [0.2, 0.25) is 0 Å². The van der Waals surface area contributed by atoms with Gasteiger partial charge in [0.15, 0.2) is 17.3 Å². The number of para-hydroxylation sites is 2. The van der Waals surface area contributed by atoms with Crippen LogP contribution in [0.1, 0.15) is 6.92 Å². The Balaban J connectivity index is 1.39. The number of rotatable bonds is 8. The number of benzene rings is 2. The van der Waals surface area contributed by atoms with E-state index in [1.54, 1.807) is 26.2 Å². The van der Waals surface area contributed by atoms with E-state index in [-0.39, 0.29) is 6.03 Å². The van der Waals surface area contributed by atoms with Crippen LogP contribution < -0.4 is 29.2 Å². The van der Waals surface area contributed by atoms with Gasteiger partial charge in [0.25, 0.3) is 0 Å². The summed E-state index contributed by atoms with van der Waals surface area (Å²) in [6.45, 7) is 4.89. The maximum absolute atomic E-state index is 12.8. The van der Waals surface area contributed by atoms with E-state index < -0.39 is 0 Å². The quantitative estimate of drug-likeness (QED) is 0.504. The Labute approximate surface area is 210 Å². The number of nitrogens with zero attached hydrogens (tertiary/aromatic N) is 4. The van der Waals surface area contributed by atoms with Gasteiger partial charge in [0, 0.05) is 31.7 Å². The first-order chi connectivity index (χ1) is 17.6. The van der Waals surface area contributed by atoms with Crippen LogP contribution in [-0.2, 0) is 0 Å². The first kappa shape index (κ1) is 24.9. The summed E-state index contributed by atoms with van der Waals surface area (Å²) in [5.74, 6) is 3.05. The monoisotopic (exact) mass is 493 g/mol. The molecule has 1 N–H and O–H groups in total. The van der Waals surface area contributed by atoms with Gasteiger partial charge in [-0.05, 0) is 43.3 Å². The number of nitrogens with one attached hydrogen (secondary N) is 1. The molecule has 0 bridgehead atoms. The van der Waals surface area contributed by atoms with Crippen LogP contribution >= 0.6 is 0 Å². The van der Waals surface area contributed by atoms with Crippen molar-refractivity contribution >= 4 is 17.5 Å². The van der Waals surface area contributed by atoms with Crippen molar-refractivity contribution in [3.05, 3.63) is 48.5 Å². The van der Waals surface area contributed by atoms with Crippen molar-refractivity contribution in [2.75, 3.05) is 64.3 Å². The van der Waals surface area contributed by atoms with Crippen molar-refractivity contribution < 1.29 is 23.7 Å². The van der Waals surface area contributed by atoms with Gasteiger partial charge in [0.05, 0.1) is 39.3 Å². The molecule has 1 fully saturated rings. The molecule has 1 aromatic heterocycles. The summed E-state index contributed by atoms with van der Waals surface area (Å²) in [7, 11) is 4.72. The molecule has 1 aliphatic rings. The summed E-state index contributed by atoms with van der Waals surface area (Å²) >= 11 is 0. The minimum atomic E-state index is -0.148. The predicted molar refractivity (Wildman–Crippen MR) is 138 cm³/mol. The van der Waals surface area contributed by atoms with Gasteiger partial charge < -0.3 is 34.1 Å². The molecule has 2 aromatic carbocycles. The van der Waals surface area contributed by atoms with E-state index in [1.165, 1.54) is 0 Å². The molecular weight excluding hydrogens is 462 g/mol. The second kappa shape index (κ2) is 11.5. The van der Waals surface area contributed by atoms with E-state index in [9.17, 15) is 4.79 Å². The Morgan fingerprint density at radius 3 is 2.17 bits per heavy atom. The van der Waals surface area contributed by atoms with Crippen molar-refractivity contribution in [1.29, 1.82) is 0 Å². The third-order valence-electron chi connectivity index (χ3n) is 5.93. The fourth-order valence-corrected chi connectivity index (χ4v) is 4.06. The second-order valence-corrected chi connectivity index (χ2v) is 8.02. The number of hydrogen-bond acceptors (Lipinski definition) is 8. The van der Waals surface area contributed by atoms with Crippen LogP contribution in [0.25, 0.3) is 11.3 Å². The SMILES string of the molecule is CCOc1ccccc1NC(=O)N1CCN(c2ccc(-c3cc(OC)c(OC)c(OC)c3)nn2)CC1. The zero-order valence-electron chi connectivity index (χ0n) is 21.0. The maximum atomic E-state index is 12.8. The highest BCUT2D eigenvalue weighted by Gasteiger charge is 2.23. The minimum Gasteiger partial charge on any atom is -0.493 e. The number of hydrogen-bond donors (Lipinski definition) is 1. The highest BCUT2D eigenvalue weighted by Crippen LogP contribution is 2.40. The maximum Gasteiger partial charge on any atom is 0.322 e. The van der Waals surface area contributed by atoms with Crippen LogP contribution in [0.4, 0.5) is 16.3 Å². The van der Waals surface area contributed by atoms with E-state index >= 15 is 0 Å². The van der Waals surface area contributed by atoms with Gasteiger partial charge in [-0.1, -0.05) is 12.1 Å². The fourth-order valence-electron chi connectivity index (χ4n) is 4.06. The molecule has 0 saturated carbocycles. The van der Waals surface area contributed by atoms with Gasteiger partial charge in [-0.15, -0.1) is 10.2 Å². The molecule has 3 aromatic rings. The van der Waals surface area contributed by atoms with Crippen LogP contribution in [0, 0.1) is 0 Å². The van der Waals surface area contributed by atoms with Gasteiger partial charge in [-0.3, -0.25) is 0 Å². The zero-order chi connectivity index (χ0) is 25.5. The lowest BCUT2D eigenvalue weighted by atomic mass is 10.1. The predicted octanol–water partition coefficient (Wildman–Crippen LogP) is 3.92. The molecule has 2 amide bonds. The number of aromatic nitrogens is 2. The molecular formula is C26H31N5O5. The molecule has 0 aliphatic carbocycles. The molecule has 4 rings (SSSR count). The summed E-state index contributed by atoms with van der Waals surface area (Å²) in [4.78, 5) is 16.7. The topological polar surface area (TPSA) is 98.3 Å². The molecule has 0 spiro atoms. The van der Waals surface area contributed by atoms with Crippen molar-refractivity contribution in [2.24, 2.45) is 0 Å². The van der Waals surface area contributed by atoms with Crippen molar-refractivity contribution in [2.45, 2.75) is 6.92 Å². The Kier molecular flexibility index (Phi) is 7.94. The number of piperazine rings is 1. The first-order valence-corrected chi connectivity index (χ1v) is 11.7. The summed E-state index contributed by atoms with van der Waals surface area (Å²) in [6.07, 6.45) is 0. The zero-order valence-corrected chi connectivity index (χ0v) is 21.0. The van der Waals surface area contributed by atoms with E-state index in [1.807, 2.05) is 55.5 Å². The van der Waals surface area contributed by atoms with Crippen LogP contribution in [0.3, 0.4) is 0 Å². The van der Waals surface area contributed by atoms with Gasteiger partial charge in [0.1, 0.15) is 5.75 Å². The van der Waals surface area contributed by atoms with Crippen LogP contribution in [-0.4, -0.2) is 75.2 Å². The van der Waals surface area contributed by atoms with Crippen molar-refractivity contribution in [1.82, 2.24) is 15.1 Å². The molecule has 1 aliphatic heterocycles. The van der Waals surface area contributed by atoms with Crippen molar-refractivity contribution in [3.8, 4) is 34.3 Å². The van der Waals surface area contributed by atoms with Gasteiger partial charge >= 0.3 is 6.03 Å². The molecule has 36 heavy (non-hydrogen) atoms. The highest BCUT2D eigenvalue weighted by atomic mass is 16.5. The Morgan fingerprint density at radius 1 is 0.889 bits per heavy atom. The molecule has 1 saturated heterocycles. The lowest BCUT2D eigenvalue weighted by molar-refractivity contribution is 0.208. The normalized spacial score (nSPS) is 13.2. The number of ether oxygens (including phenoxy) is 4. The summed E-state index contributed by atoms with van der Waals surface area (Å²) in [5, 5.41) is 11.8. The van der Waals surface area contributed by atoms with Gasteiger partial charge in [-0.2, -0.15) is 0 Å². The average molecular weight is 494 g/mol. The number of carbonyl (C=O) groups excluding carboxylic acids is 1. The first-order valence-electron chi connectivity index (χ1n) is 11.7. The molecule has 10 nitrogen and oxygen atoms in total. The molecule has 10 heteroatoms. The number of anilines is 2. The van der Waals surface area contributed by atoms with Crippen LogP contribution in [0.5, 0.6) is 23.0 Å². The lowest BCUT2D eigenvalue weighted by Crippen LogP contribution is -2.50. The van der Waals surface area contributed by atoms with E-state index in [2.05, 4.69) is 20.4 Å². The summed E-state index contributed by atoms with van der Waals surface area (Å²) < 4.78 is 21.9. The lowest BCUT2D eigenvalue weighted by Gasteiger charge is -2.35. The molecule has 2 heterocycles. The van der Waals surface area contributed by atoms with Crippen LogP contribution in [0.15, 0.2) is 48.5 Å². The van der Waals surface area contributed by atoms with E-state index in [0.717, 1.165) is 11.4 Å². The average Bonchev–Trinajstić information content (AvgIpc) is 2.93.